The minimum Gasteiger partial charge on any atom is -0.476 e. The summed E-state index contributed by atoms with van der Waals surface area (Å²) < 4.78 is 6.71. The molecule has 1 heterocycles. The lowest BCUT2D eigenvalue weighted by Crippen LogP contribution is -2.33. The van der Waals surface area contributed by atoms with Crippen molar-refractivity contribution >= 4 is 12.1 Å². The zero-order chi connectivity index (χ0) is 17.6. The van der Waals surface area contributed by atoms with E-state index in [1.54, 1.807) is 25.5 Å². The van der Waals surface area contributed by atoms with Crippen molar-refractivity contribution in [2.45, 2.75) is 66.2 Å². The summed E-state index contributed by atoms with van der Waals surface area (Å²) in [5, 5.41) is 19.4. The molecule has 0 saturated carbocycles. The number of carboxylic acid groups (broad SMARTS) is 1. The number of carbonyl (C=O) groups excluding carboxylic acids is 1. The number of hydrogen-bond donors (Lipinski definition) is 2. The Morgan fingerprint density at radius 1 is 1.30 bits per heavy atom. The van der Waals surface area contributed by atoms with E-state index in [1.807, 2.05) is 0 Å². The summed E-state index contributed by atoms with van der Waals surface area (Å²) in [5.74, 6) is -0.791. The summed E-state index contributed by atoms with van der Waals surface area (Å²) in [6.07, 6.45) is 1.30. The number of nitrogens with one attached hydrogen (secondary N) is 1. The van der Waals surface area contributed by atoms with E-state index in [1.165, 1.54) is 0 Å². The van der Waals surface area contributed by atoms with Crippen LogP contribution >= 0.6 is 0 Å². The van der Waals surface area contributed by atoms with Gasteiger partial charge in [0.1, 0.15) is 5.60 Å². The summed E-state index contributed by atoms with van der Waals surface area (Å²) in [6.45, 7) is 9.99. The van der Waals surface area contributed by atoms with E-state index in [4.69, 9.17) is 4.74 Å². The van der Waals surface area contributed by atoms with Crippen molar-refractivity contribution in [2.24, 2.45) is 5.92 Å². The first-order chi connectivity index (χ1) is 10.7. The first kappa shape index (κ1) is 18.9. The van der Waals surface area contributed by atoms with Crippen molar-refractivity contribution in [3.8, 4) is 0 Å². The first-order valence-corrected chi connectivity index (χ1v) is 7.80. The fraction of sp³-hybridized carbons (Fsp3) is 0.733. The van der Waals surface area contributed by atoms with Crippen LogP contribution in [0.1, 0.15) is 63.6 Å². The zero-order valence-electron chi connectivity index (χ0n) is 14.4. The number of aromatic nitrogens is 3. The number of nitrogens with zero attached hydrogens (tertiary/aromatic N) is 3. The largest absolute Gasteiger partial charge is 0.476 e. The number of carbonyl (C=O) groups is 2. The smallest absolute Gasteiger partial charge is 0.407 e. The van der Waals surface area contributed by atoms with Gasteiger partial charge in [0.25, 0.3) is 0 Å². The Bertz CT molecular complexity index is 544. The number of aromatic carboxylic acids is 1. The zero-order valence-corrected chi connectivity index (χ0v) is 14.4. The molecule has 0 spiro atoms. The van der Waals surface area contributed by atoms with Gasteiger partial charge in [-0.1, -0.05) is 31.9 Å². The monoisotopic (exact) mass is 326 g/mol. The predicted molar refractivity (Wildman–Crippen MR) is 84.1 cm³/mol. The Kier molecular flexibility index (Phi) is 6.53. The number of amides is 1. The van der Waals surface area contributed by atoms with Gasteiger partial charge in [-0.25, -0.2) is 14.3 Å². The number of rotatable bonds is 7. The maximum Gasteiger partial charge on any atom is 0.407 e. The summed E-state index contributed by atoms with van der Waals surface area (Å²) in [6, 6.07) is 0. The molecule has 0 bridgehead atoms. The van der Waals surface area contributed by atoms with Crippen LogP contribution in [0.15, 0.2) is 0 Å². The number of hydrogen-bond acceptors (Lipinski definition) is 5. The van der Waals surface area contributed by atoms with Gasteiger partial charge in [-0.3, -0.25) is 0 Å². The van der Waals surface area contributed by atoms with E-state index in [9.17, 15) is 14.7 Å². The Hall–Kier alpha value is -2.12. The normalized spacial score (nSPS) is 11.6. The second-order valence-electron chi connectivity index (χ2n) is 6.41. The van der Waals surface area contributed by atoms with Gasteiger partial charge in [-0.2, -0.15) is 0 Å². The van der Waals surface area contributed by atoms with Gasteiger partial charge in [0, 0.05) is 6.54 Å². The summed E-state index contributed by atoms with van der Waals surface area (Å²) >= 11 is 0. The Labute approximate surface area is 136 Å². The lowest BCUT2D eigenvalue weighted by atomic mass is 10.0. The standard InChI is InChI=1S/C15H26N4O4/c1-6-10(7-2)9-19-11(12(13(20)21)17-18-19)8-16-14(22)23-15(3,4)5/h10H,6-9H2,1-5H3,(H,16,22)(H,20,21). The first-order valence-electron chi connectivity index (χ1n) is 7.80. The number of ether oxygens (including phenoxy) is 1. The van der Waals surface area contributed by atoms with E-state index in [0.717, 1.165) is 12.8 Å². The second-order valence-corrected chi connectivity index (χ2v) is 6.41. The van der Waals surface area contributed by atoms with E-state index >= 15 is 0 Å². The van der Waals surface area contributed by atoms with Gasteiger partial charge in [-0.05, 0) is 26.7 Å². The second kappa shape index (κ2) is 7.94. The van der Waals surface area contributed by atoms with Crippen LogP contribution in [-0.4, -0.2) is 37.8 Å². The van der Waals surface area contributed by atoms with Crippen molar-refractivity contribution in [1.29, 1.82) is 0 Å². The average Bonchev–Trinajstić information content (AvgIpc) is 2.83. The van der Waals surface area contributed by atoms with Gasteiger partial charge < -0.3 is 15.2 Å². The molecular weight excluding hydrogens is 300 g/mol. The van der Waals surface area contributed by atoms with Crippen LogP contribution in [0.5, 0.6) is 0 Å². The van der Waals surface area contributed by atoms with Gasteiger partial charge in [0.05, 0.1) is 12.2 Å². The Morgan fingerprint density at radius 2 is 1.91 bits per heavy atom. The maximum absolute atomic E-state index is 11.8. The Balaban J connectivity index is 2.87. The molecule has 2 N–H and O–H groups in total. The number of alkyl carbamates (subject to hydrolysis) is 1. The number of carboxylic acids is 1. The van der Waals surface area contributed by atoms with Crippen LogP contribution in [-0.2, 0) is 17.8 Å². The van der Waals surface area contributed by atoms with Crippen LogP contribution in [0.4, 0.5) is 4.79 Å². The average molecular weight is 326 g/mol. The van der Waals surface area contributed by atoms with E-state index < -0.39 is 17.7 Å². The molecule has 8 nitrogen and oxygen atoms in total. The highest BCUT2D eigenvalue weighted by atomic mass is 16.6. The summed E-state index contributed by atoms with van der Waals surface area (Å²) in [5.41, 5.74) is -0.393. The van der Waals surface area contributed by atoms with Gasteiger partial charge in [-0.15, -0.1) is 5.10 Å². The SMILES string of the molecule is CCC(CC)Cn1nnc(C(=O)O)c1CNC(=O)OC(C)(C)C. The highest BCUT2D eigenvalue weighted by Gasteiger charge is 2.22. The molecule has 23 heavy (non-hydrogen) atoms. The van der Waals surface area contributed by atoms with Crippen molar-refractivity contribution in [3.05, 3.63) is 11.4 Å². The summed E-state index contributed by atoms with van der Waals surface area (Å²) in [4.78, 5) is 23.0. The van der Waals surface area contributed by atoms with Crippen molar-refractivity contribution in [2.75, 3.05) is 0 Å². The molecule has 8 heteroatoms. The van der Waals surface area contributed by atoms with Crippen LogP contribution in [0.3, 0.4) is 0 Å². The molecule has 0 saturated heterocycles. The minimum absolute atomic E-state index is 0.00367. The molecule has 1 rings (SSSR count). The summed E-state index contributed by atoms with van der Waals surface area (Å²) in [7, 11) is 0. The van der Waals surface area contributed by atoms with Crippen LogP contribution in [0, 0.1) is 5.92 Å². The highest BCUT2D eigenvalue weighted by molar-refractivity contribution is 5.86. The molecular formula is C15H26N4O4. The van der Waals surface area contributed by atoms with Crippen LogP contribution < -0.4 is 5.32 Å². The molecule has 0 fully saturated rings. The highest BCUT2D eigenvalue weighted by Crippen LogP contribution is 2.14. The van der Waals surface area contributed by atoms with Crippen LogP contribution in [0.25, 0.3) is 0 Å². The molecule has 0 unspecified atom stereocenters. The van der Waals surface area contributed by atoms with E-state index in [-0.39, 0.29) is 12.2 Å². The van der Waals surface area contributed by atoms with Gasteiger partial charge in [0.15, 0.2) is 5.69 Å². The third kappa shape index (κ3) is 5.88. The van der Waals surface area contributed by atoms with Crippen molar-refractivity contribution < 1.29 is 19.4 Å². The third-order valence-corrected chi connectivity index (χ3v) is 3.43. The topological polar surface area (TPSA) is 106 Å². The molecule has 0 radical (unpaired) electrons. The quantitative estimate of drug-likeness (QED) is 0.797. The fourth-order valence-corrected chi connectivity index (χ4v) is 2.08. The predicted octanol–water partition coefficient (Wildman–Crippen LogP) is 2.44. The molecule has 0 aliphatic rings. The molecule has 0 aliphatic carbocycles. The van der Waals surface area contributed by atoms with Gasteiger partial charge >= 0.3 is 12.1 Å². The van der Waals surface area contributed by atoms with Crippen molar-refractivity contribution in [3.63, 3.8) is 0 Å². The van der Waals surface area contributed by atoms with Gasteiger partial charge in [0.2, 0.25) is 0 Å². The molecule has 1 aromatic rings. The van der Waals surface area contributed by atoms with E-state index in [0.29, 0.717) is 18.2 Å². The van der Waals surface area contributed by atoms with Crippen LogP contribution in [0.2, 0.25) is 0 Å². The van der Waals surface area contributed by atoms with E-state index in [2.05, 4.69) is 29.5 Å². The molecule has 1 amide bonds. The maximum atomic E-state index is 11.8. The lowest BCUT2D eigenvalue weighted by Gasteiger charge is -2.20. The Morgan fingerprint density at radius 3 is 2.39 bits per heavy atom. The fourth-order valence-electron chi connectivity index (χ4n) is 2.08. The third-order valence-electron chi connectivity index (χ3n) is 3.43. The van der Waals surface area contributed by atoms with Crippen molar-refractivity contribution in [1.82, 2.24) is 20.3 Å². The molecule has 1 aromatic heterocycles. The molecule has 130 valence electrons. The lowest BCUT2D eigenvalue weighted by molar-refractivity contribution is 0.0519. The molecule has 0 aromatic carbocycles. The molecule has 0 atom stereocenters. The molecule has 0 aliphatic heterocycles. The minimum atomic E-state index is -1.17.